The molecule has 0 saturated heterocycles. The van der Waals surface area contributed by atoms with Gasteiger partial charge >= 0.3 is 13.9 Å². The molecular formula is CH2NO4P. The van der Waals surface area contributed by atoms with Gasteiger partial charge in [0.05, 0.1) is 0 Å². The average Bonchev–Trinajstić information content (AvgIpc) is 1.27. The van der Waals surface area contributed by atoms with E-state index in [0.29, 0.717) is 0 Å². The fourth-order valence-corrected chi connectivity index (χ4v) is 0.234. The lowest BCUT2D eigenvalue weighted by Gasteiger charge is -1.77. The maximum Gasteiger partial charge on any atom is 0.429 e. The molecule has 0 bridgehead atoms. The lowest BCUT2D eigenvalue weighted by atomic mass is 11.3. The number of rotatable bonds is 1. The van der Waals surface area contributed by atoms with Gasteiger partial charge in [-0.15, -0.1) is 0 Å². The standard InChI is InChI=1S/CH2NO4P/c3-1(4)2-7(5)6/h(H,3,4)(H,2,5,6). The van der Waals surface area contributed by atoms with Gasteiger partial charge in [0.15, 0.2) is 0 Å². The number of hydrogen-bond acceptors (Lipinski definition) is 3. The van der Waals surface area contributed by atoms with E-state index in [1.54, 1.807) is 0 Å². The minimum Gasteiger partial charge on any atom is -0.464 e. The number of nitrogens with one attached hydrogen (secondary N) is 1. The first kappa shape index (κ1) is 6.17. The van der Waals surface area contributed by atoms with Crippen LogP contribution in [-0.4, -0.2) is 11.2 Å². The van der Waals surface area contributed by atoms with E-state index in [9.17, 15) is 13.9 Å². The van der Waals surface area contributed by atoms with Gasteiger partial charge in [-0.2, -0.15) is 0 Å². The topological polar surface area (TPSA) is 83.5 Å². The van der Waals surface area contributed by atoms with E-state index in [0.717, 1.165) is 0 Å². The highest BCUT2D eigenvalue weighted by atomic mass is 31.1. The first-order valence-corrected chi connectivity index (χ1v) is 2.44. The highest BCUT2D eigenvalue weighted by Gasteiger charge is 1.93. The summed E-state index contributed by atoms with van der Waals surface area (Å²) in [6.45, 7) is 0. The van der Waals surface area contributed by atoms with Crippen LogP contribution in [0.5, 0.6) is 0 Å². The quantitative estimate of drug-likeness (QED) is 0.492. The van der Waals surface area contributed by atoms with Crippen molar-refractivity contribution in [2.75, 3.05) is 0 Å². The zero-order valence-corrected chi connectivity index (χ0v) is 4.01. The predicted octanol–water partition coefficient (Wildman–Crippen LogP) is 0.342. The molecule has 0 radical (unpaired) electrons. The van der Waals surface area contributed by atoms with Crippen molar-refractivity contribution in [1.29, 1.82) is 0 Å². The Morgan fingerprint density at radius 3 is 2.00 bits per heavy atom. The molecule has 5 nitrogen and oxygen atoms in total. The van der Waals surface area contributed by atoms with Crippen molar-refractivity contribution in [3.63, 3.8) is 0 Å². The third-order valence-corrected chi connectivity index (χ3v) is 0.561. The molecule has 0 aliphatic carbocycles. The molecule has 2 N–H and O–H groups in total. The molecule has 0 atom stereocenters. The third-order valence-electron chi connectivity index (χ3n) is 0.187. The highest BCUT2D eigenvalue weighted by molar-refractivity contribution is 7.29. The molecule has 0 aliphatic rings. The largest absolute Gasteiger partial charge is 0.464 e. The Balaban J connectivity index is 3.53. The molecule has 0 spiro atoms. The fraction of sp³-hybridized carbons (Fsp3) is 0. The molecule has 0 aromatic heterocycles. The molecule has 40 valence electrons. The normalized spacial score (nSPS) is 7.43. The minimum absolute atomic E-state index is 1.18. The van der Waals surface area contributed by atoms with E-state index >= 15 is 0 Å². The monoisotopic (exact) mass is 123 g/mol. The Labute approximate surface area is 39.2 Å². The molecule has 0 unspecified atom stereocenters. The van der Waals surface area contributed by atoms with Gasteiger partial charge in [-0.1, -0.05) is 0 Å². The van der Waals surface area contributed by atoms with Crippen LogP contribution in [0.4, 0.5) is 4.79 Å². The van der Waals surface area contributed by atoms with Crippen LogP contribution < -0.4 is 5.09 Å². The molecule has 0 aromatic carbocycles. The van der Waals surface area contributed by atoms with Gasteiger partial charge in [0, 0.05) is 0 Å². The summed E-state index contributed by atoms with van der Waals surface area (Å²) in [6.07, 6.45) is -1.56. The Kier molecular flexibility index (Phi) is 2.08. The second-order valence-electron chi connectivity index (χ2n) is 0.674. The summed E-state index contributed by atoms with van der Waals surface area (Å²) in [5.74, 6) is 0. The predicted molar refractivity (Wildman–Crippen MR) is 19.5 cm³/mol. The lowest BCUT2D eigenvalue weighted by Crippen LogP contribution is -2.08. The molecule has 0 fully saturated rings. The van der Waals surface area contributed by atoms with E-state index < -0.39 is 13.9 Å². The first-order valence-electron chi connectivity index (χ1n) is 1.27. The highest BCUT2D eigenvalue weighted by Crippen LogP contribution is 1.90. The molecule has 0 rings (SSSR count). The summed E-state index contributed by atoms with van der Waals surface area (Å²) in [4.78, 5) is 9.31. The zero-order valence-electron chi connectivity index (χ0n) is 3.12. The van der Waals surface area contributed by atoms with Crippen molar-refractivity contribution in [3.05, 3.63) is 0 Å². The van der Waals surface area contributed by atoms with Crippen LogP contribution >= 0.6 is 7.83 Å². The van der Waals surface area contributed by atoms with Gasteiger partial charge in [0.25, 0.3) is 0 Å². The molecule has 7 heavy (non-hydrogen) atoms. The van der Waals surface area contributed by atoms with E-state index in [1.165, 1.54) is 5.09 Å². The third kappa shape index (κ3) is 5.17. The molecule has 6 heteroatoms. The second-order valence-corrected chi connectivity index (χ2v) is 1.41. The molecule has 0 aliphatic heterocycles. The van der Waals surface area contributed by atoms with Crippen molar-refractivity contribution in [1.82, 2.24) is 5.09 Å². The SMILES string of the molecule is O=C(O)NP(=O)=O. The smallest absolute Gasteiger partial charge is 0.429 e. The second kappa shape index (κ2) is 2.36. The fourth-order valence-electron chi connectivity index (χ4n) is 0.0781. The Morgan fingerprint density at radius 2 is 2.00 bits per heavy atom. The molecule has 0 saturated carbocycles. The molecular weight excluding hydrogens is 121 g/mol. The van der Waals surface area contributed by atoms with Gasteiger partial charge in [0.1, 0.15) is 0 Å². The van der Waals surface area contributed by atoms with Crippen molar-refractivity contribution < 1.29 is 19.0 Å². The lowest BCUT2D eigenvalue weighted by molar-refractivity contribution is 0.201. The summed E-state index contributed by atoms with van der Waals surface area (Å²) in [7, 11) is -2.99. The number of carboxylic acid groups (broad SMARTS) is 1. The van der Waals surface area contributed by atoms with E-state index in [1.807, 2.05) is 0 Å². The number of carbonyl (C=O) groups is 1. The Morgan fingerprint density at radius 1 is 1.57 bits per heavy atom. The van der Waals surface area contributed by atoms with Gasteiger partial charge in [-0.3, -0.25) is 0 Å². The summed E-state index contributed by atoms with van der Waals surface area (Å²) in [5, 5.41) is 8.76. The van der Waals surface area contributed by atoms with Gasteiger partial charge in [-0.05, 0) is 0 Å². The maximum atomic E-state index is 9.35. The van der Waals surface area contributed by atoms with Crippen molar-refractivity contribution >= 4 is 13.9 Å². The summed E-state index contributed by atoms with van der Waals surface area (Å²) in [6, 6.07) is 0. The Bertz CT molecular complexity index is 129. The number of amides is 1. The zero-order chi connectivity index (χ0) is 5.86. The van der Waals surface area contributed by atoms with Crippen LogP contribution in [0, 0.1) is 0 Å². The van der Waals surface area contributed by atoms with Crippen molar-refractivity contribution in [3.8, 4) is 0 Å². The molecule has 1 amide bonds. The van der Waals surface area contributed by atoms with E-state index in [-0.39, 0.29) is 0 Å². The van der Waals surface area contributed by atoms with E-state index in [2.05, 4.69) is 0 Å². The molecule has 0 aromatic rings. The minimum atomic E-state index is -2.99. The van der Waals surface area contributed by atoms with Gasteiger partial charge in [0.2, 0.25) is 0 Å². The Hall–Kier alpha value is -0.830. The van der Waals surface area contributed by atoms with Crippen LogP contribution in [0.2, 0.25) is 0 Å². The first-order chi connectivity index (χ1) is 3.13. The summed E-state index contributed by atoms with van der Waals surface area (Å²) >= 11 is 0. The van der Waals surface area contributed by atoms with Crippen LogP contribution in [-0.2, 0) is 9.13 Å². The van der Waals surface area contributed by atoms with Crippen LogP contribution in [0.15, 0.2) is 0 Å². The molecule has 0 heterocycles. The van der Waals surface area contributed by atoms with Crippen molar-refractivity contribution in [2.45, 2.75) is 0 Å². The average molecular weight is 123 g/mol. The van der Waals surface area contributed by atoms with Crippen LogP contribution in [0.25, 0.3) is 0 Å². The van der Waals surface area contributed by atoms with Crippen LogP contribution in [0.1, 0.15) is 0 Å². The summed E-state index contributed by atoms with van der Waals surface area (Å²) in [5.41, 5.74) is 0. The van der Waals surface area contributed by atoms with Gasteiger partial charge < -0.3 is 5.11 Å². The van der Waals surface area contributed by atoms with E-state index in [4.69, 9.17) is 5.11 Å². The van der Waals surface area contributed by atoms with Gasteiger partial charge in [-0.25, -0.2) is 19.0 Å². The number of hydrogen-bond donors (Lipinski definition) is 2. The maximum absolute atomic E-state index is 9.35. The summed E-state index contributed by atoms with van der Waals surface area (Å²) < 4.78 is 18.7. The van der Waals surface area contributed by atoms with Crippen molar-refractivity contribution in [2.24, 2.45) is 0 Å². The van der Waals surface area contributed by atoms with Crippen LogP contribution in [0.3, 0.4) is 0 Å².